The highest BCUT2D eigenvalue weighted by atomic mass is 16.5. The lowest BCUT2D eigenvalue weighted by Gasteiger charge is -2.10. The van der Waals surface area contributed by atoms with Gasteiger partial charge in [-0.2, -0.15) is 0 Å². The van der Waals surface area contributed by atoms with E-state index in [1.807, 2.05) is 18.2 Å². The Morgan fingerprint density at radius 2 is 1.89 bits per heavy atom. The first kappa shape index (κ1) is 12.7. The third kappa shape index (κ3) is 3.13. The average molecular weight is 255 g/mol. The standard InChI is InChI=1S/C15H13NO3/c1-2-18-15(17)13-10-11(16)8-9-14(13)19-12-6-4-3-5-7-12/h2-10H,1,16H2. The molecule has 0 aromatic heterocycles. The fourth-order valence-electron chi connectivity index (χ4n) is 1.55. The van der Waals surface area contributed by atoms with E-state index >= 15 is 0 Å². The molecule has 0 fully saturated rings. The van der Waals surface area contributed by atoms with Gasteiger partial charge >= 0.3 is 5.97 Å². The maximum Gasteiger partial charge on any atom is 0.346 e. The van der Waals surface area contributed by atoms with Crippen LogP contribution in [0.3, 0.4) is 0 Å². The lowest BCUT2D eigenvalue weighted by atomic mass is 10.2. The molecule has 0 saturated heterocycles. The number of hydrogen-bond acceptors (Lipinski definition) is 4. The molecular formula is C15H13NO3. The van der Waals surface area contributed by atoms with E-state index < -0.39 is 5.97 Å². The molecule has 0 heterocycles. The first-order valence-corrected chi connectivity index (χ1v) is 5.65. The number of hydrogen-bond donors (Lipinski definition) is 1. The van der Waals surface area contributed by atoms with Gasteiger partial charge < -0.3 is 15.2 Å². The summed E-state index contributed by atoms with van der Waals surface area (Å²) in [6.07, 6.45) is 1.07. The van der Waals surface area contributed by atoms with Crippen LogP contribution in [0.15, 0.2) is 61.4 Å². The molecular weight excluding hydrogens is 242 g/mol. The van der Waals surface area contributed by atoms with Crippen LogP contribution in [0.5, 0.6) is 11.5 Å². The van der Waals surface area contributed by atoms with Gasteiger partial charge in [-0.25, -0.2) is 4.79 Å². The van der Waals surface area contributed by atoms with Crippen molar-refractivity contribution in [3.8, 4) is 11.5 Å². The van der Waals surface area contributed by atoms with Gasteiger partial charge in [0.2, 0.25) is 0 Å². The normalized spacial score (nSPS) is 9.68. The molecule has 0 radical (unpaired) electrons. The Balaban J connectivity index is 2.34. The zero-order valence-electron chi connectivity index (χ0n) is 10.2. The Morgan fingerprint density at radius 1 is 1.16 bits per heavy atom. The minimum atomic E-state index is -0.562. The Bertz CT molecular complexity index is 594. The number of nitrogens with two attached hydrogens (primary N) is 1. The molecule has 0 bridgehead atoms. The van der Waals surface area contributed by atoms with Crippen molar-refractivity contribution < 1.29 is 14.3 Å². The van der Waals surface area contributed by atoms with Crippen LogP contribution in [0.4, 0.5) is 5.69 Å². The number of anilines is 1. The second-order valence-electron chi connectivity index (χ2n) is 3.74. The number of rotatable bonds is 4. The van der Waals surface area contributed by atoms with Crippen molar-refractivity contribution in [1.82, 2.24) is 0 Å². The topological polar surface area (TPSA) is 61.5 Å². The summed E-state index contributed by atoms with van der Waals surface area (Å²) >= 11 is 0. The van der Waals surface area contributed by atoms with Crippen molar-refractivity contribution >= 4 is 11.7 Å². The predicted octanol–water partition coefficient (Wildman–Crippen LogP) is 3.36. The highest BCUT2D eigenvalue weighted by Crippen LogP contribution is 2.27. The van der Waals surface area contributed by atoms with Gasteiger partial charge in [0.25, 0.3) is 0 Å². The minimum absolute atomic E-state index is 0.253. The minimum Gasteiger partial charge on any atom is -0.456 e. The van der Waals surface area contributed by atoms with Crippen molar-refractivity contribution in [3.63, 3.8) is 0 Å². The van der Waals surface area contributed by atoms with Crippen molar-refractivity contribution in [1.29, 1.82) is 0 Å². The van der Waals surface area contributed by atoms with Gasteiger partial charge in [0.1, 0.15) is 17.1 Å². The molecule has 0 saturated carbocycles. The molecule has 2 aromatic carbocycles. The van der Waals surface area contributed by atoms with Gasteiger partial charge in [0.15, 0.2) is 0 Å². The summed E-state index contributed by atoms with van der Waals surface area (Å²) in [5, 5.41) is 0. The Labute approximate surface area is 111 Å². The number of carbonyl (C=O) groups is 1. The van der Waals surface area contributed by atoms with Gasteiger partial charge in [0, 0.05) is 5.69 Å². The molecule has 19 heavy (non-hydrogen) atoms. The van der Waals surface area contributed by atoms with Crippen LogP contribution in [0.25, 0.3) is 0 Å². The van der Waals surface area contributed by atoms with Crippen LogP contribution in [-0.4, -0.2) is 5.97 Å². The molecule has 96 valence electrons. The van der Waals surface area contributed by atoms with Crippen LogP contribution in [0.1, 0.15) is 10.4 Å². The number of para-hydroxylation sites is 1. The Morgan fingerprint density at radius 3 is 2.58 bits per heavy atom. The molecule has 2 N–H and O–H groups in total. The maximum atomic E-state index is 11.8. The van der Waals surface area contributed by atoms with E-state index in [0.29, 0.717) is 17.2 Å². The molecule has 2 rings (SSSR count). The number of nitrogen functional groups attached to an aromatic ring is 1. The number of carbonyl (C=O) groups excluding carboxylic acids is 1. The summed E-state index contributed by atoms with van der Waals surface area (Å²) in [6, 6.07) is 13.9. The van der Waals surface area contributed by atoms with E-state index in [0.717, 1.165) is 6.26 Å². The molecule has 0 unspecified atom stereocenters. The molecule has 0 aliphatic rings. The van der Waals surface area contributed by atoms with Gasteiger partial charge in [-0.3, -0.25) is 0 Å². The van der Waals surface area contributed by atoms with Crippen LogP contribution in [-0.2, 0) is 4.74 Å². The van der Waals surface area contributed by atoms with Crippen molar-refractivity contribution in [3.05, 3.63) is 66.9 Å². The fourth-order valence-corrected chi connectivity index (χ4v) is 1.55. The highest BCUT2D eigenvalue weighted by molar-refractivity contribution is 5.94. The highest BCUT2D eigenvalue weighted by Gasteiger charge is 2.14. The Hall–Kier alpha value is -2.75. The molecule has 2 aromatic rings. The molecule has 0 amide bonds. The van der Waals surface area contributed by atoms with Crippen LogP contribution in [0.2, 0.25) is 0 Å². The van der Waals surface area contributed by atoms with Gasteiger partial charge in [-0.1, -0.05) is 24.8 Å². The van der Waals surface area contributed by atoms with E-state index in [-0.39, 0.29) is 5.56 Å². The lowest BCUT2D eigenvalue weighted by Crippen LogP contribution is -2.04. The van der Waals surface area contributed by atoms with E-state index in [9.17, 15) is 4.79 Å². The molecule has 0 aliphatic carbocycles. The second-order valence-corrected chi connectivity index (χ2v) is 3.74. The smallest absolute Gasteiger partial charge is 0.346 e. The zero-order chi connectivity index (χ0) is 13.7. The van der Waals surface area contributed by atoms with Crippen LogP contribution < -0.4 is 10.5 Å². The molecule has 0 spiro atoms. The summed E-state index contributed by atoms with van der Waals surface area (Å²) < 4.78 is 10.4. The van der Waals surface area contributed by atoms with E-state index in [1.165, 1.54) is 6.07 Å². The summed E-state index contributed by atoms with van der Waals surface area (Å²) in [4.78, 5) is 11.8. The van der Waals surface area contributed by atoms with Crippen molar-refractivity contribution in [2.75, 3.05) is 5.73 Å². The Kier molecular flexibility index (Phi) is 3.83. The molecule has 4 nitrogen and oxygen atoms in total. The van der Waals surface area contributed by atoms with Crippen LogP contribution in [0, 0.1) is 0 Å². The first-order chi connectivity index (χ1) is 9.20. The van der Waals surface area contributed by atoms with Crippen molar-refractivity contribution in [2.45, 2.75) is 0 Å². The lowest BCUT2D eigenvalue weighted by molar-refractivity contribution is 0.0661. The largest absolute Gasteiger partial charge is 0.456 e. The van der Waals surface area contributed by atoms with Crippen LogP contribution >= 0.6 is 0 Å². The van der Waals surface area contributed by atoms with E-state index in [4.69, 9.17) is 15.2 Å². The fraction of sp³-hybridized carbons (Fsp3) is 0. The summed E-state index contributed by atoms with van der Waals surface area (Å²) in [7, 11) is 0. The number of benzene rings is 2. The molecule has 0 atom stereocenters. The summed E-state index contributed by atoms with van der Waals surface area (Å²) in [5.41, 5.74) is 6.37. The maximum absolute atomic E-state index is 11.8. The van der Waals surface area contributed by atoms with Gasteiger partial charge in [-0.15, -0.1) is 0 Å². The monoisotopic (exact) mass is 255 g/mol. The predicted molar refractivity (Wildman–Crippen MR) is 73.0 cm³/mol. The van der Waals surface area contributed by atoms with E-state index in [1.54, 1.807) is 24.3 Å². The molecule has 0 aliphatic heterocycles. The van der Waals surface area contributed by atoms with Gasteiger partial charge in [-0.05, 0) is 30.3 Å². The first-order valence-electron chi connectivity index (χ1n) is 5.65. The van der Waals surface area contributed by atoms with Crippen molar-refractivity contribution in [2.24, 2.45) is 0 Å². The van der Waals surface area contributed by atoms with Gasteiger partial charge in [0.05, 0.1) is 6.26 Å². The second kappa shape index (κ2) is 5.73. The SMILES string of the molecule is C=COC(=O)c1cc(N)ccc1Oc1ccccc1. The van der Waals surface area contributed by atoms with E-state index in [2.05, 4.69) is 6.58 Å². The average Bonchev–Trinajstić information content (AvgIpc) is 2.42. The third-order valence-electron chi connectivity index (χ3n) is 2.38. The summed E-state index contributed by atoms with van der Waals surface area (Å²) in [5.74, 6) is 0.445. The quantitative estimate of drug-likeness (QED) is 0.517. The number of esters is 1. The third-order valence-corrected chi connectivity index (χ3v) is 2.38. The number of ether oxygens (including phenoxy) is 2. The zero-order valence-corrected chi connectivity index (χ0v) is 10.2. The summed E-state index contributed by atoms with van der Waals surface area (Å²) in [6.45, 7) is 3.35. The molecule has 4 heteroatoms.